The summed E-state index contributed by atoms with van der Waals surface area (Å²) in [4.78, 5) is 22.7. The lowest BCUT2D eigenvalue weighted by Gasteiger charge is -2.07. The Hall–Kier alpha value is -1.12. The number of ketones is 1. The molecule has 1 saturated carbocycles. The van der Waals surface area contributed by atoms with E-state index in [-0.39, 0.29) is 11.8 Å². The molecule has 0 heterocycles. The van der Waals surface area contributed by atoms with Crippen LogP contribution in [-0.4, -0.2) is 18.4 Å². The quantitative estimate of drug-likeness (QED) is 0.302. The van der Waals surface area contributed by atoms with Gasteiger partial charge in [0.15, 0.2) is 0 Å². The van der Waals surface area contributed by atoms with Gasteiger partial charge in [0.1, 0.15) is 11.7 Å². The number of carbonyl (C=O) groups is 2. The third kappa shape index (κ3) is 3.86. The standard InChI is InChI=1S/C12H18O3/c1-2-3-4-5-9-15-12(14)10-7-6-8-11(10)13/h3-4,10H,2,5-9H2,1H3/b4-3+/t10-/m0/s1. The highest BCUT2D eigenvalue weighted by atomic mass is 16.5. The van der Waals surface area contributed by atoms with Crippen molar-refractivity contribution in [2.24, 2.45) is 5.92 Å². The molecule has 15 heavy (non-hydrogen) atoms. The summed E-state index contributed by atoms with van der Waals surface area (Å²) in [5, 5.41) is 0. The van der Waals surface area contributed by atoms with E-state index in [0.29, 0.717) is 19.4 Å². The number of hydrogen-bond donors (Lipinski definition) is 0. The van der Waals surface area contributed by atoms with Crippen molar-refractivity contribution < 1.29 is 14.3 Å². The topological polar surface area (TPSA) is 43.4 Å². The maximum Gasteiger partial charge on any atom is 0.316 e. The number of Topliss-reactive ketones (excluding diaryl/α,β-unsaturated/α-hetero) is 1. The summed E-state index contributed by atoms with van der Waals surface area (Å²) in [5.74, 6) is -0.758. The highest BCUT2D eigenvalue weighted by Gasteiger charge is 2.31. The van der Waals surface area contributed by atoms with E-state index in [2.05, 4.69) is 6.92 Å². The maximum atomic E-state index is 11.4. The van der Waals surface area contributed by atoms with Gasteiger partial charge in [-0.1, -0.05) is 19.1 Å². The van der Waals surface area contributed by atoms with E-state index in [1.807, 2.05) is 12.2 Å². The first-order valence-electron chi connectivity index (χ1n) is 5.60. The van der Waals surface area contributed by atoms with Crippen molar-refractivity contribution in [2.75, 3.05) is 6.61 Å². The van der Waals surface area contributed by atoms with Gasteiger partial charge in [-0.05, 0) is 25.7 Å². The molecule has 1 rings (SSSR count). The van der Waals surface area contributed by atoms with Crippen molar-refractivity contribution in [1.29, 1.82) is 0 Å². The zero-order chi connectivity index (χ0) is 11.1. The number of carbonyl (C=O) groups excluding carboxylic acids is 2. The lowest BCUT2D eigenvalue weighted by atomic mass is 10.1. The summed E-state index contributed by atoms with van der Waals surface area (Å²) in [6, 6.07) is 0. The van der Waals surface area contributed by atoms with E-state index >= 15 is 0 Å². The van der Waals surface area contributed by atoms with Crippen molar-refractivity contribution in [3.63, 3.8) is 0 Å². The molecule has 0 aromatic carbocycles. The van der Waals surface area contributed by atoms with E-state index in [1.54, 1.807) is 0 Å². The van der Waals surface area contributed by atoms with Crippen LogP contribution in [0.2, 0.25) is 0 Å². The monoisotopic (exact) mass is 210 g/mol. The van der Waals surface area contributed by atoms with Gasteiger partial charge in [-0.25, -0.2) is 0 Å². The van der Waals surface area contributed by atoms with Crippen LogP contribution in [0.5, 0.6) is 0 Å². The molecule has 1 fully saturated rings. The van der Waals surface area contributed by atoms with E-state index in [0.717, 1.165) is 19.3 Å². The van der Waals surface area contributed by atoms with Crippen molar-refractivity contribution in [3.8, 4) is 0 Å². The average Bonchev–Trinajstić information content (AvgIpc) is 2.64. The van der Waals surface area contributed by atoms with Gasteiger partial charge in [0.25, 0.3) is 0 Å². The van der Waals surface area contributed by atoms with Crippen LogP contribution in [0, 0.1) is 5.92 Å². The Morgan fingerprint density at radius 1 is 1.53 bits per heavy atom. The SMILES string of the molecule is CC/C=C/CCOC(=O)[C@H]1CCCC1=O. The Balaban J connectivity index is 2.18. The van der Waals surface area contributed by atoms with Gasteiger partial charge >= 0.3 is 5.97 Å². The smallest absolute Gasteiger partial charge is 0.316 e. The summed E-state index contributed by atoms with van der Waals surface area (Å²) >= 11 is 0. The van der Waals surface area contributed by atoms with Gasteiger partial charge in [0.05, 0.1) is 6.61 Å². The van der Waals surface area contributed by atoms with Crippen LogP contribution in [0.25, 0.3) is 0 Å². The fourth-order valence-electron chi connectivity index (χ4n) is 1.68. The molecule has 84 valence electrons. The molecule has 1 atom stereocenters. The molecule has 1 aliphatic carbocycles. The zero-order valence-corrected chi connectivity index (χ0v) is 9.20. The van der Waals surface area contributed by atoms with Gasteiger partial charge in [-0.15, -0.1) is 0 Å². The number of allylic oxidation sites excluding steroid dienone is 1. The summed E-state index contributed by atoms with van der Waals surface area (Å²) < 4.78 is 5.03. The predicted molar refractivity (Wildman–Crippen MR) is 57.4 cm³/mol. The van der Waals surface area contributed by atoms with Crippen molar-refractivity contribution >= 4 is 11.8 Å². The molecule has 0 amide bonds. The molecule has 0 aliphatic heterocycles. The lowest BCUT2D eigenvalue weighted by Crippen LogP contribution is -2.21. The van der Waals surface area contributed by atoms with E-state index in [1.165, 1.54) is 0 Å². The Kier molecular flexibility index (Phi) is 5.08. The molecule has 0 spiro atoms. The van der Waals surface area contributed by atoms with Crippen LogP contribution in [0.3, 0.4) is 0 Å². The fraction of sp³-hybridized carbons (Fsp3) is 0.667. The van der Waals surface area contributed by atoms with Crippen LogP contribution in [0.1, 0.15) is 39.0 Å². The molecular weight excluding hydrogens is 192 g/mol. The first-order valence-corrected chi connectivity index (χ1v) is 5.60. The molecule has 0 aromatic rings. The molecule has 3 heteroatoms. The second kappa shape index (κ2) is 6.38. The van der Waals surface area contributed by atoms with Crippen LogP contribution >= 0.6 is 0 Å². The molecule has 0 radical (unpaired) electrons. The number of ether oxygens (including phenoxy) is 1. The average molecular weight is 210 g/mol. The minimum Gasteiger partial charge on any atom is -0.465 e. The third-order valence-electron chi connectivity index (χ3n) is 2.52. The number of esters is 1. The Morgan fingerprint density at radius 2 is 2.33 bits per heavy atom. The second-order valence-corrected chi connectivity index (χ2v) is 3.75. The molecule has 0 saturated heterocycles. The maximum absolute atomic E-state index is 11.4. The highest BCUT2D eigenvalue weighted by molar-refractivity contribution is 6.00. The summed E-state index contributed by atoms with van der Waals surface area (Å²) in [5.41, 5.74) is 0. The zero-order valence-electron chi connectivity index (χ0n) is 9.20. The van der Waals surface area contributed by atoms with E-state index in [4.69, 9.17) is 4.74 Å². The minimum absolute atomic E-state index is 0.0455. The minimum atomic E-state index is -0.472. The van der Waals surface area contributed by atoms with Crippen LogP contribution in [-0.2, 0) is 14.3 Å². The number of rotatable bonds is 5. The summed E-state index contributed by atoms with van der Waals surface area (Å²) in [7, 11) is 0. The van der Waals surface area contributed by atoms with Gasteiger partial charge in [0, 0.05) is 6.42 Å². The molecule has 1 aliphatic rings. The first-order chi connectivity index (χ1) is 7.25. The van der Waals surface area contributed by atoms with Crippen molar-refractivity contribution in [3.05, 3.63) is 12.2 Å². The lowest BCUT2D eigenvalue weighted by molar-refractivity contribution is -0.150. The predicted octanol–water partition coefficient (Wildman–Crippen LogP) is 2.26. The van der Waals surface area contributed by atoms with Gasteiger partial charge < -0.3 is 4.74 Å². The molecule has 0 bridgehead atoms. The number of hydrogen-bond acceptors (Lipinski definition) is 3. The summed E-state index contributed by atoms with van der Waals surface area (Å²) in [6.07, 6.45) is 7.79. The van der Waals surface area contributed by atoms with Crippen LogP contribution in [0.4, 0.5) is 0 Å². The fourth-order valence-corrected chi connectivity index (χ4v) is 1.68. The van der Waals surface area contributed by atoms with Crippen LogP contribution < -0.4 is 0 Å². The Bertz CT molecular complexity index is 256. The molecule has 0 aromatic heterocycles. The highest BCUT2D eigenvalue weighted by Crippen LogP contribution is 2.22. The molecule has 0 unspecified atom stereocenters. The Morgan fingerprint density at radius 3 is 2.93 bits per heavy atom. The van der Waals surface area contributed by atoms with E-state index in [9.17, 15) is 9.59 Å². The first kappa shape index (κ1) is 12.0. The Labute approximate surface area is 90.5 Å². The largest absolute Gasteiger partial charge is 0.465 e. The van der Waals surface area contributed by atoms with Gasteiger partial charge in [0.2, 0.25) is 0 Å². The summed E-state index contributed by atoms with van der Waals surface area (Å²) in [6.45, 7) is 2.44. The molecule has 0 N–H and O–H groups in total. The van der Waals surface area contributed by atoms with Gasteiger partial charge in [-0.3, -0.25) is 9.59 Å². The van der Waals surface area contributed by atoms with Crippen molar-refractivity contribution in [1.82, 2.24) is 0 Å². The molecular formula is C12H18O3. The van der Waals surface area contributed by atoms with Gasteiger partial charge in [-0.2, -0.15) is 0 Å². The van der Waals surface area contributed by atoms with Crippen molar-refractivity contribution in [2.45, 2.75) is 39.0 Å². The molecule has 3 nitrogen and oxygen atoms in total. The second-order valence-electron chi connectivity index (χ2n) is 3.75. The normalized spacial score (nSPS) is 21.1. The van der Waals surface area contributed by atoms with E-state index < -0.39 is 5.92 Å². The van der Waals surface area contributed by atoms with Crippen LogP contribution in [0.15, 0.2) is 12.2 Å². The third-order valence-corrected chi connectivity index (χ3v) is 2.52.